The number of carbonyl (C=O) groups excluding carboxylic acids is 1. The average Bonchev–Trinajstić information content (AvgIpc) is 3.30. The number of nitrogens with two attached hydrogens (primary N) is 1. The first-order chi connectivity index (χ1) is 16.4. The van der Waals surface area contributed by atoms with Crippen molar-refractivity contribution in [2.75, 3.05) is 32.6 Å². The standard InChI is InChI=1S/C24H30ClN5O2S2/c1-4-16(13-32-34-26)8-9-28-24-20(12-27-15-29-24)23(31)21-11-18(14-33-21)22(30(2)3)17-6-5-7-19(25)10-17/h5-7,10-12,14-16,22H,4,8-9,13,26H2,1-3H3,(H,27,28,29). The van der Waals surface area contributed by atoms with Crippen LogP contribution in [0.2, 0.25) is 5.02 Å². The highest BCUT2D eigenvalue weighted by molar-refractivity contribution is 7.92. The van der Waals surface area contributed by atoms with Gasteiger partial charge in [-0.2, -0.15) is 0 Å². The maximum absolute atomic E-state index is 13.4. The molecule has 0 bridgehead atoms. The van der Waals surface area contributed by atoms with Crippen molar-refractivity contribution in [2.45, 2.75) is 25.8 Å². The Morgan fingerprint density at radius 3 is 2.85 bits per heavy atom. The van der Waals surface area contributed by atoms with Gasteiger partial charge in [-0.1, -0.05) is 37.1 Å². The fraction of sp³-hybridized carbons (Fsp3) is 0.375. The molecule has 0 aliphatic carbocycles. The number of halogens is 1. The zero-order chi connectivity index (χ0) is 24.5. The first-order valence-electron chi connectivity index (χ1n) is 11.0. The van der Waals surface area contributed by atoms with E-state index in [-0.39, 0.29) is 11.8 Å². The predicted molar refractivity (Wildman–Crippen MR) is 141 cm³/mol. The van der Waals surface area contributed by atoms with Gasteiger partial charge in [0.15, 0.2) is 0 Å². The van der Waals surface area contributed by atoms with Crippen LogP contribution in [0.1, 0.15) is 52.2 Å². The second-order valence-corrected chi connectivity index (χ2v) is 9.93. The summed E-state index contributed by atoms with van der Waals surface area (Å²) < 4.78 is 5.26. The Bertz CT molecular complexity index is 1080. The Morgan fingerprint density at radius 1 is 1.32 bits per heavy atom. The van der Waals surface area contributed by atoms with Gasteiger partial charge in [-0.05, 0) is 61.1 Å². The molecule has 34 heavy (non-hydrogen) atoms. The maximum Gasteiger partial charge on any atom is 0.208 e. The highest BCUT2D eigenvalue weighted by Gasteiger charge is 2.22. The van der Waals surface area contributed by atoms with Gasteiger partial charge in [0.05, 0.1) is 35.3 Å². The van der Waals surface area contributed by atoms with Crippen molar-refractivity contribution >= 4 is 46.8 Å². The smallest absolute Gasteiger partial charge is 0.208 e. The van der Waals surface area contributed by atoms with Gasteiger partial charge >= 0.3 is 0 Å². The second kappa shape index (κ2) is 13.2. The summed E-state index contributed by atoms with van der Waals surface area (Å²) in [6, 6.07) is 9.74. The van der Waals surface area contributed by atoms with E-state index in [1.807, 2.05) is 49.8 Å². The molecule has 2 atom stereocenters. The molecule has 0 aliphatic rings. The Balaban J connectivity index is 1.76. The van der Waals surface area contributed by atoms with Crippen LogP contribution in [-0.2, 0) is 4.18 Å². The van der Waals surface area contributed by atoms with E-state index in [4.69, 9.17) is 20.9 Å². The molecule has 3 aromatic rings. The Kier molecular flexibility index (Phi) is 10.3. The summed E-state index contributed by atoms with van der Waals surface area (Å²) >= 11 is 8.54. The Morgan fingerprint density at radius 2 is 2.15 bits per heavy atom. The number of thiophene rings is 1. The molecule has 10 heteroatoms. The fourth-order valence-corrected chi connectivity index (χ4v) is 5.13. The molecule has 182 valence electrons. The van der Waals surface area contributed by atoms with Crippen LogP contribution in [0, 0.1) is 5.92 Å². The molecule has 0 spiro atoms. The normalized spacial score (nSPS) is 13.1. The first-order valence-corrected chi connectivity index (χ1v) is 13.1. The zero-order valence-electron chi connectivity index (χ0n) is 19.5. The van der Waals surface area contributed by atoms with Crippen LogP contribution in [0.25, 0.3) is 0 Å². The highest BCUT2D eigenvalue weighted by atomic mass is 35.5. The zero-order valence-corrected chi connectivity index (χ0v) is 21.9. The van der Waals surface area contributed by atoms with Crippen LogP contribution in [0.3, 0.4) is 0 Å². The van der Waals surface area contributed by atoms with Crippen LogP contribution in [-0.4, -0.2) is 47.9 Å². The number of nitrogens with zero attached hydrogens (tertiary/aromatic N) is 3. The van der Waals surface area contributed by atoms with Crippen molar-refractivity contribution in [1.82, 2.24) is 14.9 Å². The summed E-state index contributed by atoms with van der Waals surface area (Å²) in [6.45, 7) is 3.38. The first kappa shape index (κ1) is 26.6. The number of hydrogen-bond acceptors (Lipinski definition) is 9. The van der Waals surface area contributed by atoms with Crippen molar-refractivity contribution in [3.05, 3.63) is 74.8 Å². The molecule has 0 saturated heterocycles. The lowest BCUT2D eigenvalue weighted by Crippen LogP contribution is -2.20. The topological polar surface area (TPSA) is 93.4 Å². The molecule has 0 radical (unpaired) electrons. The minimum atomic E-state index is -0.0992. The summed E-state index contributed by atoms with van der Waals surface area (Å²) in [5, 5.41) is 11.4. The van der Waals surface area contributed by atoms with E-state index < -0.39 is 0 Å². The van der Waals surface area contributed by atoms with E-state index in [1.54, 1.807) is 6.20 Å². The number of anilines is 1. The lowest BCUT2D eigenvalue weighted by atomic mass is 9.99. The quantitative estimate of drug-likeness (QED) is 0.175. The van der Waals surface area contributed by atoms with Gasteiger partial charge in [-0.3, -0.25) is 14.8 Å². The van der Waals surface area contributed by atoms with Crippen LogP contribution >= 0.6 is 35.2 Å². The van der Waals surface area contributed by atoms with E-state index in [0.29, 0.717) is 40.4 Å². The minimum Gasteiger partial charge on any atom is -0.369 e. The van der Waals surface area contributed by atoms with Crippen molar-refractivity contribution < 1.29 is 8.98 Å². The number of carbonyl (C=O) groups is 1. The number of hydrogen-bond donors (Lipinski definition) is 2. The Labute approximate surface area is 214 Å². The number of benzene rings is 1. The third-order valence-corrected chi connectivity index (χ3v) is 7.05. The van der Waals surface area contributed by atoms with E-state index in [2.05, 4.69) is 27.1 Å². The second-order valence-electron chi connectivity index (χ2n) is 8.15. The lowest BCUT2D eigenvalue weighted by molar-refractivity contribution is 0.104. The molecular weight excluding hydrogens is 490 g/mol. The molecule has 0 aliphatic heterocycles. The minimum absolute atomic E-state index is 0.0130. The molecule has 2 aromatic heterocycles. The molecule has 2 heterocycles. The molecule has 2 unspecified atom stereocenters. The van der Waals surface area contributed by atoms with E-state index in [0.717, 1.165) is 36.2 Å². The molecule has 0 saturated carbocycles. The molecule has 7 nitrogen and oxygen atoms in total. The van der Waals surface area contributed by atoms with Crippen LogP contribution < -0.4 is 10.5 Å². The average molecular weight is 520 g/mol. The summed E-state index contributed by atoms with van der Waals surface area (Å²) in [5.74, 6) is 0.814. The molecule has 0 amide bonds. The van der Waals surface area contributed by atoms with Crippen LogP contribution in [0.5, 0.6) is 0 Å². The molecule has 1 aromatic carbocycles. The summed E-state index contributed by atoms with van der Waals surface area (Å²) in [5.41, 5.74) is 2.57. The Hall–Kier alpha value is -2.01. The molecule has 3 N–H and O–H groups in total. The van der Waals surface area contributed by atoms with Gasteiger partial charge in [-0.25, -0.2) is 9.97 Å². The summed E-state index contributed by atoms with van der Waals surface area (Å²) in [4.78, 5) is 24.5. The third-order valence-electron chi connectivity index (χ3n) is 5.59. The van der Waals surface area contributed by atoms with Crippen LogP contribution in [0.4, 0.5) is 5.82 Å². The van der Waals surface area contributed by atoms with Gasteiger partial charge in [-0.15, -0.1) is 11.3 Å². The van der Waals surface area contributed by atoms with Gasteiger partial charge in [0.1, 0.15) is 12.1 Å². The maximum atomic E-state index is 13.4. The molecule has 3 rings (SSSR count). The highest BCUT2D eigenvalue weighted by Crippen LogP contribution is 2.32. The lowest BCUT2D eigenvalue weighted by Gasteiger charge is -2.24. The monoisotopic (exact) mass is 519 g/mol. The van der Waals surface area contributed by atoms with Gasteiger partial charge in [0, 0.05) is 17.8 Å². The third kappa shape index (κ3) is 7.00. The van der Waals surface area contributed by atoms with Gasteiger partial charge in [0.2, 0.25) is 5.78 Å². The SMILES string of the molecule is CCC(CCNc1ncncc1C(=O)c1cc(C(c2cccc(Cl)c2)N(C)C)cs1)COSN. The summed E-state index contributed by atoms with van der Waals surface area (Å²) in [6.07, 6.45) is 4.88. The number of rotatable bonds is 13. The van der Waals surface area contributed by atoms with Crippen molar-refractivity contribution in [3.8, 4) is 0 Å². The van der Waals surface area contributed by atoms with E-state index in [1.165, 1.54) is 17.7 Å². The molecule has 0 fully saturated rings. The largest absolute Gasteiger partial charge is 0.369 e. The predicted octanol–water partition coefficient (Wildman–Crippen LogP) is 5.44. The summed E-state index contributed by atoms with van der Waals surface area (Å²) in [7, 11) is 4.03. The van der Waals surface area contributed by atoms with E-state index in [9.17, 15) is 4.79 Å². The van der Waals surface area contributed by atoms with Gasteiger partial charge in [0.25, 0.3) is 0 Å². The van der Waals surface area contributed by atoms with E-state index >= 15 is 0 Å². The fourth-order valence-electron chi connectivity index (χ4n) is 3.78. The molecular formula is C24H30ClN5O2S2. The van der Waals surface area contributed by atoms with Crippen LogP contribution in [0.15, 0.2) is 48.2 Å². The number of aromatic nitrogens is 2. The van der Waals surface area contributed by atoms with Gasteiger partial charge < -0.3 is 9.50 Å². The van der Waals surface area contributed by atoms with Crippen molar-refractivity contribution in [1.29, 1.82) is 0 Å². The number of nitrogens with one attached hydrogen (secondary N) is 1. The van der Waals surface area contributed by atoms with Crippen molar-refractivity contribution in [2.24, 2.45) is 11.1 Å². The number of ketones is 1. The van der Waals surface area contributed by atoms with Crippen molar-refractivity contribution in [3.63, 3.8) is 0 Å².